The van der Waals surface area contributed by atoms with Crippen LogP contribution in [0, 0.1) is 0 Å². The molecule has 2 aromatic heterocycles. The van der Waals surface area contributed by atoms with E-state index in [1.807, 2.05) is 28.8 Å². The normalized spacial score (nSPS) is 10.6. The molecule has 0 saturated carbocycles. The fraction of sp³-hybridized carbons (Fsp3) is 0.222. The SMILES string of the molecule is CC(=O)Nc1ccc(NC(=O)CCCc2nnc3ccccn23)cc1. The van der Waals surface area contributed by atoms with E-state index in [-0.39, 0.29) is 11.8 Å². The molecule has 128 valence electrons. The molecule has 7 nitrogen and oxygen atoms in total. The molecular formula is C18H19N5O2. The average Bonchev–Trinajstić information content (AvgIpc) is 3.00. The lowest BCUT2D eigenvalue weighted by Crippen LogP contribution is -2.12. The Bertz CT molecular complexity index is 886. The predicted octanol–water partition coefficient (Wildman–Crippen LogP) is 2.65. The van der Waals surface area contributed by atoms with Crippen molar-refractivity contribution in [1.29, 1.82) is 0 Å². The summed E-state index contributed by atoms with van der Waals surface area (Å²) in [5.74, 6) is 0.668. The van der Waals surface area contributed by atoms with Crippen molar-refractivity contribution < 1.29 is 9.59 Å². The molecule has 2 amide bonds. The second-order valence-electron chi connectivity index (χ2n) is 5.71. The number of amides is 2. The van der Waals surface area contributed by atoms with Crippen LogP contribution in [0.1, 0.15) is 25.6 Å². The van der Waals surface area contributed by atoms with Gasteiger partial charge in [0.05, 0.1) is 0 Å². The van der Waals surface area contributed by atoms with Crippen molar-refractivity contribution in [2.75, 3.05) is 10.6 Å². The van der Waals surface area contributed by atoms with Crippen LogP contribution in [0.5, 0.6) is 0 Å². The maximum Gasteiger partial charge on any atom is 0.224 e. The molecule has 7 heteroatoms. The number of nitrogens with one attached hydrogen (secondary N) is 2. The minimum absolute atomic E-state index is 0.0545. The summed E-state index contributed by atoms with van der Waals surface area (Å²) in [6, 6.07) is 12.8. The zero-order valence-corrected chi connectivity index (χ0v) is 13.9. The molecule has 0 atom stereocenters. The van der Waals surface area contributed by atoms with Crippen LogP contribution in [0.25, 0.3) is 5.65 Å². The number of hydrogen-bond donors (Lipinski definition) is 2. The molecule has 2 heterocycles. The Labute approximate surface area is 145 Å². The molecule has 2 N–H and O–H groups in total. The number of rotatable bonds is 6. The van der Waals surface area contributed by atoms with Crippen LogP contribution in [0.4, 0.5) is 11.4 Å². The van der Waals surface area contributed by atoms with Crippen LogP contribution >= 0.6 is 0 Å². The van der Waals surface area contributed by atoms with Gasteiger partial charge in [0.2, 0.25) is 11.8 Å². The number of aryl methyl sites for hydroxylation is 1. The van der Waals surface area contributed by atoms with Crippen molar-refractivity contribution in [2.24, 2.45) is 0 Å². The van der Waals surface area contributed by atoms with Crippen LogP contribution < -0.4 is 10.6 Å². The van der Waals surface area contributed by atoms with Gasteiger partial charge in [0.15, 0.2) is 5.65 Å². The largest absolute Gasteiger partial charge is 0.326 e. The van der Waals surface area contributed by atoms with E-state index in [2.05, 4.69) is 20.8 Å². The highest BCUT2D eigenvalue weighted by Gasteiger charge is 2.07. The molecule has 0 aliphatic heterocycles. The second kappa shape index (κ2) is 7.57. The lowest BCUT2D eigenvalue weighted by atomic mass is 10.2. The van der Waals surface area contributed by atoms with Crippen LogP contribution in [0.3, 0.4) is 0 Å². The summed E-state index contributed by atoms with van der Waals surface area (Å²) in [6.07, 6.45) is 3.68. The van der Waals surface area contributed by atoms with E-state index in [0.29, 0.717) is 30.6 Å². The minimum atomic E-state index is -0.127. The number of nitrogens with zero attached hydrogens (tertiary/aromatic N) is 3. The molecule has 0 bridgehead atoms. The van der Waals surface area contributed by atoms with Crippen molar-refractivity contribution in [3.8, 4) is 0 Å². The quantitative estimate of drug-likeness (QED) is 0.724. The first-order chi connectivity index (χ1) is 12.1. The number of carbonyl (C=O) groups is 2. The van der Waals surface area contributed by atoms with Gasteiger partial charge in [-0.05, 0) is 42.8 Å². The number of benzene rings is 1. The molecule has 0 aliphatic carbocycles. The molecule has 0 fully saturated rings. The number of anilines is 2. The molecule has 0 spiro atoms. The topological polar surface area (TPSA) is 88.4 Å². The maximum atomic E-state index is 12.0. The lowest BCUT2D eigenvalue weighted by Gasteiger charge is -2.07. The van der Waals surface area contributed by atoms with Crippen molar-refractivity contribution in [3.63, 3.8) is 0 Å². The third-order valence-electron chi connectivity index (χ3n) is 3.68. The number of aromatic nitrogens is 3. The summed E-state index contributed by atoms with van der Waals surface area (Å²) >= 11 is 0. The Morgan fingerprint density at radius 3 is 2.44 bits per heavy atom. The molecule has 0 aliphatic rings. The Hall–Kier alpha value is -3.22. The molecule has 25 heavy (non-hydrogen) atoms. The van der Waals surface area contributed by atoms with Crippen molar-refractivity contribution in [1.82, 2.24) is 14.6 Å². The van der Waals surface area contributed by atoms with Gasteiger partial charge in [-0.3, -0.25) is 14.0 Å². The van der Waals surface area contributed by atoms with Gasteiger partial charge in [-0.25, -0.2) is 0 Å². The van der Waals surface area contributed by atoms with Crippen LogP contribution in [-0.2, 0) is 16.0 Å². The van der Waals surface area contributed by atoms with Gasteiger partial charge in [-0.2, -0.15) is 0 Å². The number of carbonyl (C=O) groups excluding carboxylic acids is 2. The summed E-state index contributed by atoms with van der Waals surface area (Å²) in [5.41, 5.74) is 2.21. The summed E-state index contributed by atoms with van der Waals surface area (Å²) in [4.78, 5) is 23.0. The number of hydrogen-bond acceptors (Lipinski definition) is 4. The van der Waals surface area contributed by atoms with Crippen LogP contribution in [0.2, 0.25) is 0 Å². The van der Waals surface area contributed by atoms with E-state index in [9.17, 15) is 9.59 Å². The first-order valence-electron chi connectivity index (χ1n) is 8.08. The maximum absolute atomic E-state index is 12.0. The fourth-order valence-corrected chi connectivity index (χ4v) is 2.53. The fourth-order valence-electron chi connectivity index (χ4n) is 2.53. The Kier molecular flexibility index (Phi) is 5.03. The standard InChI is InChI=1S/C18H19N5O2/c1-13(24)19-14-8-10-15(11-9-14)20-18(25)7-4-6-17-22-21-16-5-2-3-12-23(16)17/h2-3,5,8-12H,4,6-7H2,1H3,(H,19,24)(H,20,25). The van der Waals surface area contributed by atoms with Gasteiger partial charge in [0.25, 0.3) is 0 Å². The van der Waals surface area contributed by atoms with Gasteiger partial charge in [0, 0.05) is 37.3 Å². The van der Waals surface area contributed by atoms with E-state index in [4.69, 9.17) is 0 Å². The zero-order chi connectivity index (χ0) is 17.6. The highest BCUT2D eigenvalue weighted by Crippen LogP contribution is 2.14. The monoisotopic (exact) mass is 337 g/mol. The zero-order valence-electron chi connectivity index (χ0n) is 13.9. The minimum Gasteiger partial charge on any atom is -0.326 e. The molecule has 3 rings (SSSR count). The van der Waals surface area contributed by atoms with E-state index in [0.717, 1.165) is 11.5 Å². The Morgan fingerprint density at radius 1 is 1.00 bits per heavy atom. The van der Waals surface area contributed by atoms with Crippen molar-refractivity contribution >= 4 is 28.8 Å². The molecular weight excluding hydrogens is 318 g/mol. The van der Waals surface area contributed by atoms with E-state index in [1.165, 1.54) is 6.92 Å². The number of pyridine rings is 1. The lowest BCUT2D eigenvalue weighted by molar-refractivity contribution is -0.116. The molecule has 1 aromatic carbocycles. The summed E-state index contributed by atoms with van der Waals surface area (Å²) in [7, 11) is 0. The smallest absolute Gasteiger partial charge is 0.224 e. The van der Waals surface area contributed by atoms with Gasteiger partial charge in [-0.1, -0.05) is 6.07 Å². The Morgan fingerprint density at radius 2 is 1.72 bits per heavy atom. The third-order valence-corrected chi connectivity index (χ3v) is 3.68. The summed E-state index contributed by atoms with van der Waals surface area (Å²) in [5, 5.41) is 13.8. The van der Waals surface area contributed by atoms with Crippen LogP contribution in [-0.4, -0.2) is 26.4 Å². The Balaban J connectivity index is 1.49. The summed E-state index contributed by atoms with van der Waals surface area (Å²) < 4.78 is 1.93. The van der Waals surface area contributed by atoms with Gasteiger partial charge >= 0.3 is 0 Å². The third kappa shape index (κ3) is 4.41. The van der Waals surface area contributed by atoms with Crippen LogP contribution in [0.15, 0.2) is 48.7 Å². The molecule has 0 unspecified atom stereocenters. The van der Waals surface area contributed by atoms with Gasteiger partial charge < -0.3 is 10.6 Å². The highest BCUT2D eigenvalue weighted by molar-refractivity contribution is 5.92. The highest BCUT2D eigenvalue weighted by atomic mass is 16.2. The van der Waals surface area contributed by atoms with Gasteiger partial charge in [0.1, 0.15) is 5.82 Å². The summed E-state index contributed by atoms with van der Waals surface area (Å²) in [6.45, 7) is 1.45. The first kappa shape index (κ1) is 16.6. The molecule has 3 aromatic rings. The first-order valence-corrected chi connectivity index (χ1v) is 8.08. The van der Waals surface area contributed by atoms with E-state index >= 15 is 0 Å². The number of fused-ring (bicyclic) bond motifs is 1. The molecule has 0 saturated heterocycles. The van der Waals surface area contributed by atoms with E-state index in [1.54, 1.807) is 24.3 Å². The molecule has 0 radical (unpaired) electrons. The van der Waals surface area contributed by atoms with Crippen molar-refractivity contribution in [3.05, 3.63) is 54.5 Å². The predicted molar refractivity (Wildman–Crippen MR) is 95.3 cm³/mol. The van der Waals surface area contributed by atoms with E-state index < -0.39 is 0 Å². The van der Waals surface area contributed by atoms with Gasteiger partial charge in [-0.15, -0.1) is 10.2 Å². The average molecular weight is 337 g/mol. The van der Waals surface area contributed by atoms with Crippen molar-refractivity contribution in [2.45, 2.75) is 26.2 Å². The second-order valence-corrected chi connectivity index (χ2v) is 5.71.